The molecule has 0 aliphatic carbocycles. The monoisotopic (exact) mass is 328 g/mol. The van der Waals surface area contributed by atoms with Crippen LogP contribution in [-0.4, -0.2) is 31.6 Å². The smallest absolute Gasteiger partial charge is 0.315 e. The van der Waals surface area contributed by atoms with E-state index in [1.807, 2.05) is 26.0 Å². The Kier molecular flexibility index (Phi) is 5.02. The van der Waals surface area contributed by atoms with E-state index in [0.29, 0.717) is 26.2 Å². The number of fused-ring (bicyclic) bond motifs is 1. The van der Waals surface area contributed by atoms with Gasteiger partial charge in [0, 0.05) is 13.0 Å². The summed E-state index contributed by atoms with van der Waals surface area (Å²) < 4.78 is 11.0. The predicted octanol–water partition coefficient (Wildman–Crippen LogP) is 3.35. The molecule has 24 heavy (non-hydrogen) atoms. The Labute approximate surface area is 142 Å². The SMILES string of the molecule is C[C@H](NC(=O)NCCC1(C)OCCO1)c1ccc2ccccc2c1. The quantitative estimate of drug-likeness (QED) is 0.885. The lowest BCUT2D eigenvalue weighted by Gasteiger charge is -2.22. The summed E-state index contributed by atoms with van der Waals surface area (Å²) in [5.74, 6) is -0.572. The molecule has 2 aromatic carbocycles. The first-order valence-corrected chi connectivity index (χ1v) is 8.37. The number of nitrogens with one attached hydrogen (secondary N) is 2. The van der Waals surface area contributed by atoms with Crippen molar-refractivity contribution in [3.05, 3.63) is 48.0 Å². The summed E-state index contributed by atoms with van der Waals surface area (Å²) in [5, 5.41) is 8.20. The minimum absolute atomic E-state index is 0.0656. The Morgan fingerprint density at radius 3 is 2.62 bits per heavy atom. The Morgan fingerprint density at radius 2 is 1.88 bits per heavy atom. The standard InChI is InChI=1S/C19H24N2O3/c1-14(16-8-7-15-5-3-4-6-17(15)13-16)21-18(22)20-10-9-19(2)23-11-12-24-19/h3-8,13-14H,9-12H2,1-2H3,(H2,20,21,22)/t14-/m0/s1. The van der Waals surface area contributed by atoms with Crippen LogP contribution in [0.2, 0.25) is 0 Å². The highest BCUT2D eigenvalue weighted by Crippen LogP contribution is 2.22. The minimum atomic E-state index is -0.572. The molecule has 0 saturated carbocycles. The molecule has 2 aromatic rings. The van der Waals surface area contributed by atoms with Crippen molar-refractivity contribution in [2.75, 3.05) is 19.8 Å². The molecule has 0 unspecified atom stereocenters. The number of hydrogen-bond donors (Lipinski definition) is 2. The van der Waals surface area contributed by atoms with Crippen molar-refractivity contribution in [1.82, 2.24) is 10.6 Å². The summed E-state index contributed by atoms with van der Waals surface area (Å²) in [6.45, 7) is 5.61. The predicted molar refractivity (Wildman–Crippen MR) is 93.8 cm³/mol. The van der Waals surface area contributed by atoms with Crippen molar-refractivity contribution in [3.8, 4) is 0 Å². The van der Waals surface area contributed by atoms with E-state index in [-0.39, 0.29) is 12.1 Å². The van der Waals surface area contributed by atoms with Gasteiger partial charge >= 0.3 is 6.03 Å². The molecule has 3 rings (SSSR count). The average Bonchev–Trinajstić information content (AvgIpc) is 3.01. The lowest BCUT2D eigenvalue weighted by atomic mass is 10.0. The van der Waals surface area contributed by atoms with Crippen LogP contribution in [0.3, 0.4) is 0 Å². The number of rotatable bonds is 5. The van der Waals surface area contributed by atoms with Crippen molar-refractivity contribution in [1.29, 1.82) is 0 Å². The maximum absolute atomic E-state index is 12.1. The van der Waals surface area contributed by atoms with Crippen molar-refractivity contribution >= 4 is 16.8 Å². The van der Waals surface area contributed by atoms with Crippen LogP contribution in [0.1, 0.15) is 31.9 Å². The van der Waals surface area contributed by atoms with Crippen LogP contribution in [-0.2, 0) is 9.47 Å². The van der Waals surface area contributed by atoms with Crippen LogP contribution in [0.15, 0.2) is 42.5 Å². The van der Waals surface area contributed by atoms with Crippen molar-refractivity contribution in [2.24, 2.45) is 0 Å². The summed E-state index contributed by atoms with van der Waals surface area (Å²) >= 11 is 0. The van der Waals surface area contributed by atoms with Crippen LogP contribution in [0, 0.1) is 0 Å². The van der Waals surface area contributed by atoms with Gasteiger partial charge in [-0.3, -0.25) is 0 Å². The molecule has 0 aromatic heterocycles. The van der Waals surface area contributed by atoms with Gasteiger partial charge in [-0.05, 0) is 36.2 Å². The second-order valence-electron chi connectivity index (χ2n) is 6.31. The van der Waals surface area contributed by atoms with Crippen LogP contribution in [0.25, 0.3) is 10.8 Å². The molecule has 5 nitrogen and oxygen atoms in total. The molecule has 128 valence electrons. The van der Waals surface area contributed by atoms with E-state index in [4.69, 9.17) is 9.47 Å². The van der Waals surface area contributed by atoms with Crippen molar-refractivity contribution < 1.29 is 14.3 Å². The first-order chi connectivity index (χ1) is 11.6. The summed E-state index contributed by atoms with van der Waals surface area (Å²) in [4.78, 5) is 12.1. The molecule has 0 radical (unpaired) electrons. The fraction of sp³-hybridized carbons (Fsp3) is 0.421. The Balaban J connectivity index is 1.51. The lowest BCUT2D eigenvalue weighted by molar-refractivity contribution is -0.145. The van der Waals surface area contributed by atoms with Gasteiger partial charge in [0.15, 0.2) is 5.79 Å². The summed E-state index contributed by atoms with van der Waals surface area (Å²) in [7, 11) is 0. The number of urea groups is 1. The second-order valence-corrected chi connectivity index (χ2v) is 6.31. The van der Waals surface area contributed by atoms with Gasteiger partial charge < -0.3 is 20.1 Å². The molecule has 2 amide bonds. The van der Waals surface area contributed by atoms with E-state index in [1.165, 1.54) is 10.8 Å². The summed E-state index contributed by atoms with van der Waals surface area (Å²) in [6, 6.07) is 14.2. The molecule has 5 heteroatoms. The van der Waals surface area contributed by atoms with Crippen LogP contribution < -0.4 is 10.6 Å². The number of benzene rings is 2. The third-order valence-corrected chi connectivity index (χ3v) is 4.38. The van der Waals surface area contributed by atoms with Gasteiger partial charge in [-0.2, -0.15) is 0 Å². The van der Waals surface area contributed by atoms with E-state index in [1.54, 1.807) is 0 Å². The van der Waals surface area contributed by atoms with E-state index in [2.05, 4.69) is 41.0 Å². The van der Waals surface area contributed by atoms with Gasteiger partial charge in [-0.1, -0.05) is 36.4 Å². The molecule has 2 N–H and O–H groups in total. The second kappa shape index (κ2) is 7.20. The number of carbonyl (C=O) groups is 1. The van der Waals surface area contributed by atoms with Gasteiger partial charge in [0.05, 0.1) is 19.3 Å². The van der Waals surface area contributed by atoms with Crippen LogP contribution in [0.5, 0.6) is 0 Å². The molecular weight excluding hydrogens is 304 g/mol. The Hall–Kier alpha value is -2.11. The van der Waals surface area contributed by atoms with Gasteiger partial charge in [-0.25, -0.2) is 4.79 Å². The van der Waals surface area contributed by atoms with Crippen molar-refractivity contribution in [3.63, 3.8) is 0 Å². The third kappa shape index (κ3) is 4.04. The average molecular weight is 328 g/mol. The molecular formula is C19H24N2O3. The highest BCUT2D eigenvalue weighted by molar-refractivity contribution is 5.83. The Morgan fingerprint density at radius 1 is 1.17 bits per heavy atom. The Bertz CT molecular complexity index is 711. The fourth-order valence-corrected chi connectivity index (χ4v) is 2.91. The van der Waals surface area contributed by atoms with Crippen molar-refractivity contribution in [2.45, 2.75) is 32.1 Å². The molecule has 1 aliphatic rings. The van der Waals surface area contributed by atoms with E-state index in [0.717, 1.165) is 5.56 Å². The first-order valence-electron chi connectivity index (χ1n) is 8.37. The number of ether oxygens (including phenoxy) is 2. The molecule has 0 bridgehead atoms. The highest BCUT2D eigenvalue weighted by Gasteiger charge is 2.30. The zero-order valence-corrected chi connectivity index (χ0v) is 14.2. The molecule has 1 heterocycles. The van der Waals surface area contributed by atoms with Gasteiger partial charge in [-0.15, -0.1) is 0 Å². The topological polar surface area (TPSA) is 59.6 Å². The van der Waals surface area contributed by atoms with Gasteiger partial charge in [0.1, 0.15) is 0 Å². The van der Waals surface area contributed by atoms with Gasteiger partial charge in [0.25, 0.3) is 0 Å². The molecule has 0 spiro atoms. The normalized spacial score (nSPS) is 17.6. The largest absolute Gasteiger partial charge is 0.348 e. The zero-order valence-electron chi connectivity index (χ0n) is 14.2. The van der Waals surface area contributed by atoms with Gasteiger partial charge in [0.2, 0.25) is 0 Å². The summed E-state index contributed by atoms with van der Waals surface area (Å²) in [5.41, 5.74) is 1.08. The van der Waals surface area contributed by atoms with E-state index < -0.39 is 5.79 Å². The molecule has 1 fully saturated rings. The number of carbonyl (C=O) groups excluding carboxylic acids is 1. The highest BCUT2D eigenvalue weighted by atomic mass is 16.7. The first kappa shape index (κ1) is 16.7. The number of hydrogen-bond acceptors (Lipinski definition) is 3. The molecule has 1 aliphatic heterocycles. The van der Waals surface area contributed by atoms with Crippen LogP contribution in [0.4, 0.5) is 4.79 Å². The molecule has 1 saturated heterocycles. The minimum Gasteiger partial charge on any atom is -0.348 e. The number of amides is 2. The molecule has 1 atom stereocenters. The fourth-order valence-electron chi connectivity index (χ4n) is 2.91. The zero-order chi connectivity index (χ0) is 17.0. The van der Waals surface area contributed by atoms with E-state index in [9.17, 15) is 4.79 Å². The maximum atomic E-state index is 12.1. The van der Waals surface area contributed by atoms with E-state index >= 15 is 0 Å². The third-order valence-electron chi connectivity index (χ3n) is 4.38. The van der Waals surface area contributed by atoms with Crippen LogP contribution >= 0.6 is 0 Å². The summed E-state index contributed by atoms with van der Waals surface area (Å²) in [6.07, 6.45) is 0.630. The maximum Gasteiger partial charge on any atom is 0.315 e. The lowest BCUT2D eigenvalue weighted by Crippen LogP contribution is -2.40.